The van der Waals surface area contributed by atoms with Crippen LogP contribution in [0.1, 0.15) is 18.3 Å². The van der Waals surface area contributed by atoms with Gasteiger partial charge in [0.25, 0.3) is 0 Å². The van der Waals surface area contributed by atoms with Crippen molar-refractivity contribution in [3.8, 4) is 10.6 Å². The van der Waals surface area contributed by atoms with Crippen molar-refractivity contribution in [3.63, 3.8) is 0 Å². The van der Waals surface area contributed by atoms with Crippen LogP contribution in [0.4, 0.5) is 18.9 Å². The largest absolute Gasteiger partial charge is 0.461 e. The van der Waals surface area contributed by atoms with Gasteiger partial charge in [-0.15, -0.1) is 0 Å². The molecule has 8 nitrogen and oxygen atoms in total. The van der Waals surface area contributed by atoms with E-state index in [2.05, 4.69) is 14.3 Å². The van der Waals surface area contributed by atoms with Crippen molar-refractivity contribution in [3.05, 3.63) is 70.6 Å². The van der Waals surface area contributed by atoms with Crippen LogP contribution in [0.25, 0.3) is 10.6 Å². The monoisotopic (exact) mass is 558 g/mol. The Morgan fingerprint density at radius 3 is 2.53 bits per heavy atom. The number of carbonyl (C=O) groups is 1. The highest BCUT2D eigenvalue weighted by atomic mass is 35.5. The molecule has 3 rings (SSSR count). The smallest absolute Gasteiger partial charge is 0.418 e. The molecule has 3 aromatic rings. The van der Waals surface area contributed by atoms with Crippen LogP contribution >= 0.6 is 23.1 Å². The van der Waals surface area contributed by atoms with E-state index < -0.39 is 49.7 Å². The summed E-state index contributed by atoms with van der Waals surface area (Å²) in [6.45, 7) is 1.51. The number of alkyl halides is 3. The molecule has 0 radical (unpaired) electrons. The van der Waals surface area contributed by atoms with Gasteiger partial charge in [-0.2, -0.15) is 17.5 Å². The summed E-state index contributed by atoms with van der Waals surface area (Å²) in [5, 5.41) is -0.286. The SMILES string of the molecule is CCOC(=O)/C(N)=C(\Cl)C(=Nc1ccccc1C(F)(F)F)c1nsc(-c2cccc(S(C)(=O)=O)c2)n1. The summed E-state index contributed by atoms with van der Waals surface area (Å²) >= 11 is 7.13. The summed E-state index contributed by atoms with van der Waals surface area (Å²) in [6, 6.07) is 10.3. The van der Waals surface area contributed by atoms with Gasteiger partial charge in [0.2, 0.25) is 0 Å². The van der Waals surface area contributed by atoms with Crippen molar-refractivity contribution in [1.82, 2.24) is 9.36 Å². The average Bonchev–Trinajstić information content (AvgIpc) is 3.31. The summed E-state index contributed by atoms with van der Waals surface area (Å²) in [5.41, 5.74) is 3.62. The van der Waals surface area contributed by atoms with E-state index >= 15 is 0 Å². The number of carbonyl (C=O) groups excluding carboxylic acids is 1. The van der Waals surface area contributed by atoms with Gasteiger partial charge in [0.15, 0.2) is 15.7 Å². The van der Waals surface area contributed by atoms with Crippen molar-refractivity contribution in [1.29, 1.82) is 0 Å². The fraction of sp³-hybridized carbons (Fsp3) is 0.182. The Bertz CT molecular complexity index is 1470. The number of aliphatic imine (C=N–C) groups is 1. The van der Waals surface area contributed by atoms with Gasteiger partial charge in [-0.3, -0.25) is 0 Å². The molecule has 14 heteroatoms. The van der Waals surface area contributed by atoms with Gasteiger partial charge in [0.1, 0.15) is 21.4 Å². The Hall–Kier alpha value is -3.29. The first kappa shape index (κ1) is 27.3. The highest BCUT2D eigenvalue weighted by Crippen LogP contribution is 2.37. The van der Waals surface area contributed by atoms with Crippen LogP contribution in [-0.2, 0) is 25.5 Å². The van der Waals surface area contributed by atoms with Crippen molar-refractivity contribution >= 4 is 50.3 Å². The van der Waals surface area contributed by atoms with E-state index in [1.54, 1.807) is 6.07 Å². The second-order valence-corrected chi connectivity index (χ2v) is 10.3. The summed E-state index contributed by atoms with van der Waals surface area (Å²) < 4.78 is 73.4. The molecule has 0 unspecified atom stereocenters. The molecule has 0 fully saturated rings. The molecular formula is C22H18ClF3N4O4S2. The number of rotatable bonds is 7. The second kappa shape index (κ2) is 10.8. The number of sulfone groups is 1. The Labute approximate surface area is 213 Å². The van der Waals surface area contributed by atoms with E-state index in [1.807, 2.05) is 0 Å². The fourth-order valence-electron chi connectivity index (χ4n) is 2.85. The molecule has 0 saturated carbocycles. The zero-order valence-electron chi connectivity index (χ0n) is 18.7. The predicted octanol–water partition coefficient (Wildman–Crippen LogP) is 4.72. The maximum atomic E-state index is 13.6. The molecular weight excluding hydrogens is 541 g/mol. The van der Waals surface area contributed by atoms with Gasteiger partial charge >= 0.3 is 12.1 Å². The van der Waals surface area contributed by atoms with Crippen molar-refractivity contribution in [2.45, 2.75) is 18.0 Å². The molecule has 2 N–H and O–H groups in total. The number of esters is 1. The lowest BCUT2D eigenvalue weighted by molar-refractivity contribution is -0.139. The van der Waals surface area contributed by atoms with Gasteiger partial charge in [-0.05, 0) is 42.7 Å². The predicted molar refractivity (Wildman–Crippen MR) is 130 cm³/mol. The number of nitrogens with zero attached hydrogens (tertiary/aromatic N) is 3. The van der Waals surface area contributed by atoms with Crippen LogP contribution in [0, 0.1) is 0 Å². The number of para-hydroxylation sites is 1. The van der Waals surface area contributed by atoms with E-state index in [0.29, 0.717) is 5.56 Å². The van der Waals surface area contributed by atoms with Crippen molar-refractivity contribution in [2.75, 3.05) is 12.9 Å². The van der Waals surface area contributed by atoms with Crippen LogP contribution in [0.5, 0.6) is 0 Å². The molecule has 0 spiro atoms. The minimum atomic E-state index is -4.74. The fourth-order valence-corrected chi connectivity index (χ4v) is 4.38. The third-order valence-corrected chi connectivity index (χ3v) is 6.79. The standard InChI is InChI=1S/C22H18ClF3N4O4S2/c1-3-34-21(31)17(27)16(23)18(28-15-10-5-4-9-14(15)22(24,25)26)19-29-20(35-30-19)12-7-6-8-13(11-12)36(2,32)33/h4-11H,3,27H2,1-2H3/b17-16+,28-18?. The number of hydrogen-bond acceptors (Lipinski definition) is 9. The normalized spacial score (nSPS) is 13.3. The Morgan fingerprint density at radius 1 is 1.19 bits per heavy atom. The molecule has 0 aliphatic carbocycles. The highest BCUT2D eigenvalue weighted by Gasteiger charge is 2.34. The zero-order chi connectivity index (χ0) is 26.7. The molecule has 0 aliphatic rings. The van der Waals surface area contributed by atoms with Crippen LogP contribution in [0.2, 0.25) is 0 Å². The van der Waals surface area contributed by atoms with Crippen LogP contribution < -0.4 is 5.73 Å². The first-order chi connectivity index (χ1) is 16.8. The van der Waals surface area contributed by atoms with E-state index in [1.165, 1.54) is 37.3 Å². The molecule has 36 heavy (non-hydrogen) atoms. The van der Waals surface area contributed by atoms with Crippen molar-refractivity contribution in [2.24, 2.45) is 10.7 Å². The van der Waals surface area contributed by atoms with Crippen molar-refractivity contribution < 1.29 is 31.1 Å². The summed E-state index contributed by atoms with van der Waals surface area (Å²) in [6.07, 6.45) is -3.69. The third-order valence-electron chi connectivity index (χ3n) is 4.53. The molecule has 1 aromatic heterocycles. The first-order valence-electron chi connectivity index (χ1n) is 10.0. The number of benzene rings is 2. The molecule has 0 saturated heterocycles. The van der Waals surface area contributed by atoms with Gasteiger partial charge in [-0.1, -0.05) is 35.9 Å². The van der Waals surface area contributed by atoms with Gasteiger partial charge in [0, 0.05) is 11.8 Å². The lowest BCUT2D eigenvalue weighted by atomic mass is 10.1. The minimum Gasteiger partial charge on any atom is -0.461 e. The number of halogens is 4. The molecule has 0 bridgehead atoms. The van der Waals surface area contributed by atoms with E-state index in [4.69, 9.17) is 22.1 Å². The van der Waals surface area contributed by atoms with E-state index in [0.717, 1.165) is 29.9 Å². The van der Waals surface area contributed by atoms with Crippen LogP contribution in [0.3, 0.4) is 0 Å². The van der Waals surface area contributed by atoms with Crippen LogP contribution in [-0.4, -0.2) is 42.3 Å². The summed E-state index contributed by atoms with van der Waals surface area (Å²) in [4.78, 5) is 20.5. The maximum absolute atomic E-state index is 13.6. The first-order valence-corrected chi connectivity index (χ1v) is 13.1. The summed E-state index contributed by atoms with van der Waals surface area (Å²) in [7, 11) is -3.51. The number of allylic oxidation sites excluding steroid dienone is 1. The molecule has 2 aromatic carbocycles. The van der Waals surface area contributed by atoms with Gasteiger partial charge in [-0.25, -0.2) is 23.2 Å². The number of aromatic nitrogens is 2. The van der Waals surface area contributed by atoms with E-state index in [-0.39, 0.29) is 22.3 Å². The molecule has 1 heterocycles. The Balaban J connectivity index is 2.20. The number of nitrogens with two attached hydrogens (primary N) is 1. The molecule has 0 atom stereocenters. The Kier molecular flexibility index (Phi) is 8.16. The lowest BCUT2D eigenvalue weighted by Crippen LogP contribution is -2.20. The molecule has 190 valence electrons. The highest BCUT2D eigenvalue weighted by molar-refractivity contribution is 7.90. The maximum Gasteiger partial charge on any atom is 0.418 e. The zero-order valence-corrected chi connectivity index (χ0v) is 21.1. The quantitative estimate of drug-likeness (QED) is 0.253. The topological polar surface area (TPSA) is 125 Å². The third kappa shape index (κ3) is 6.28. The van der Waals surface area contributed by atoms with E-state index in [9.17, 15) is 26.4 Å². The van der Waals surface area contributed by atoms with Gasteiger partial charge < -0.3 is 10.5 Å². The molecule has 0 amide bonds. The number of ether oxygens (including phenoxy) is 1. The average molecular weight is 559 g/mol. The number of hydrogen-bond donors (Lipinski definition) is 1. The minimum absolute atomic E-state index is 0.0249. The van der Waals surface area contributed by atoms with Crippen LogP contribution in [0.15, 0.2) is 69.1 Å². The van der Waals surface area contributed by atoms with Gasteiger partial charge in [0.05, 0.1) is 22.8 Å². The lowest BCUT2D eigenvalue weighted by Gasteiger charge is -2.11. The Morgan fingerprint density at radius 2 is 1.89 bits per heavy atom. The molecule has 0 aliphatic heterocycles. The summed E-state index contributed by atoms with van der Waals surface area (Å²) in [5.74, 6) is -1.23. The second-order valence-electron chi connectivity index (χ2n) is 7.15.